The van der Waals surface area contributed by atoms with Crippen LogP contribution < -0.4 is 4.74 Å². The molecule has 0 fully saturated rings. The van der Waals surface area contributed by atoms with Gasteiger partial charge in [-0.2, -0.15) is 0 Å². The Morgan fingerprint density at radius 3 is 2.52 bits per heavy atom. The van der Waals surface area contributed by atoms with E-state index in [2.05, 4.69) is 6.08 Å². The highest BCUT2D eigenvalue weighted by atomic mass is 16.5. The number of rotatable bonds is 3. The molecule has 0 unspecified atom stereocenters. The summed E-state index contributed by atoms with van der Waals surface area (Å²) in [5.74, 6) is -0.441. The Morgan fingerprint density at radius 2 is 1.91 bits per heavy atom. The summed E-state index contributed by atoms with van der Waals surface area (Å²) < 4.78 is 5.17. The maximum atomic E-state index is 11.3. The van der Waals surface area contributed by atoms with Crippen molar-refractivity contribution < 1.29 is 19.7 Å². The van der Waals surface area contributed by atoms with Crippen molar-refractivity contribution in [1.82, 2.24) is 0 Å². The summed E-state index contributed by atoms with van der Waals surface area (Å²) in [7, 11) is 1.63. The quantitative estimate of drug-likeness (QED) is 0.889. The van der Waals surface area contributed by atoms with Gasteiger partial charge >= 0.3 is 5.97 Å². The average Bonchev–Trinajstić information content (AvgIpc) is 2.54. The molecule has 1 atom stereocenters. The summed E-state index contributed by atoms with van der Waals surface area (Å²) in [5.41, 5.74) is 2.59. The number of carboxylic acid groups (broad SMARTS) is 1. The SMILES string of the molecule is COc1ccc(C2=C[C@]3(C)CC(C(=O)O)=C(O)C=C3C=C2)cc1. The van der Waals surface area contributed by atoms with Gasteiger partial charge in [-0.15, -0.1) is 0 Å². The van der Waals surface area contributed by atoms with E-state index in [-0.39, 0.29) is 17.8 Å². The van der Waals surface area contributed by atoms with Crippen molar-refractivity contribution in [1.29, 1.82) is 0 Å². The molecule has 2 aliphatic rings. The number of allylic oxidation sites excluding steroid dienone is 6. The van der Waals surface area contributed by atoms with Crippen LogP contribution in [0.4, 0.5) is 0 Å². The standard InChI is InChI=1S/C19H18O4/c1-19-10-13(12-4-7-15(23-2)8-5-12)3-6-14(19)9-17(20)16(11-19)18(21)22/h3-10,20H,11H2,1-2H3,(H,21,22)/t19-/m1/s1. The van der Waals surface area contributed by atoms with Gasteiger partial charge in [0.15, 0.2) is 0 Å². The minimum absolute atomic E-state index is 0.0527. The van der Waals surface area contributed by atoms with Crippen LogP contribution in [-0.2, 0) is 4.79 Å². The van der Waals surface area contributed by atoms with E-state index in [1.807, 2.05) is 43.3 Å². The Morgan fingerprint density at radius 1 is 1.22 bits per heavy atom. The second-order valence-corrected chi connectivity index (χ2v) is 6.02. The molecule has 2 N–H and O–H groups in total. The van der Waals surface area contributed by atoms with E-state index in [1.54, 1.807) is 13.2 Å². The number of ether oxygens (including phenoxy) is 1. The molecule has 4 nitrogen and oxygen atoms in total. The average molecular weight is 310 g/mol. The van der Waals surface area contributed by atoms with Gasteiger partial charge in [-0.1, -0.05) is 37.3 Å². The third kappa shape index (κ3) is 2.68. The predicted molar refractivity (Wildman–Crippen MR) is 88.2 cm³/mol. The largest absolute Gasteiger partial charge is 0.507 e. The molecule has 0 heterocycles. The molecule has 0 aromatic heterocycles. The van der Waals surface area contributed by atoms with E-state index in [0.29, 0.717) is 0 Å². The molecule has 2 aliphatic carbocycles. The zero-order valence-corrected chi connectivity index (χ0v) is 13.0. The van der Waals surface area contributed by atoms with Crippen molar-refractivity contribution in [2.75, 3.05) is 7.11 Å². The van der Waals surface area contributed by atoms with Crippen LogP contribution in [0.2, 0.25) is 0 Å². The monoisotopic (exact) mass is 310 g/mol. The molecule has 3 rings (SSSR count). The Kier molecular flexibility index (Phi) is 3.60. The third-order valence-electron chi connectivity index (χ3n) is 4.40. The molecular formula is C19H18O4. The molecule has 0 saturated carbocycles. The van der Waals surface area contributed by atoms with Crippen molar-refractivity contribution in [2.45, 2.75) is 13.3 Å². The molecule has 0 spiro atoms. The third-order valence-corrected chi connectivity index (χ3v) is 4.40. The Labute approximate surface area is 134 Å². The number of aliphatic hydroxyl groups excluding tert-OH is 1. The van der Waals surface area contributed by atoms with E-state index in [0.717, 1.165) is 22.5 Å². The number of aliphatic carboxylic acids is 1. The van der Waals surface area contributed by atoms with Gasteiger partial charge < -0.3 is 14.9 Å². The minimum atomic E-state index is -1.08. The number of benzene rings is 1. The molecule has 0 radical (unpaired) electrons. The van der Waals surface area contributed by atoms with Gasteiger partial charge in [-0.3, -0.25) is 0 Å². The lowest BCUT2D eigenvalue weighted by Gasteiger charge is -2.34. The molecule has 0 aliphatic heterocycles. The van der Waals surface area contributed by atoms with E-state index in [1.165, 1.54) is 0 Å². The zero-order chi connectivity index (χ0) is 16.6. The van der Waals surface area contributed by atoms with Gasteiger partial charge in [-0.25, -0.2) is 4.79 Å². The summed E-state index contributed by atoms with van der Waals surface area (Å²) >= 11 is 0. The number of carboxylic acids is 1. The number of hydrogen-bond donors (Lipinski definition) is 2. The first-order chi connectivity index (χ1) is 10.9. The number of hydrogen-bond acceptors (Lipinski definition) is 3. The summed E-state index contributed by atoms with van der Waals surface area (Å²) in [4.78, 5) is 11.3. The van der Waals surface area contributed by atoms with Crippen LogP contribution in [0.5, 0.6) is 5.75 Å². The van der Waals surface area contributed by atoms with Gasteiger partial charge in [0.2, 0.25) is 0 Å². The molecule has 118 valence electrons. The lowest BCUT2D eigenvalue weighted by Crippen LogP contribution is -2.25. The topological polar surface area (TPSA) is 66.8 Å². The number of methoxy groups -OCH3 is 1. The first kappa shape index (κ1) is 15.2. The first-order valence-corrected chi connectivity index (χ1v) is 7.36. The van der Waals surface area contributed by atoms with Gasteiger partial charge in [-0.05, 0) is 41.3 Å². The maximum absolute atomic E-state index is 11.3. The fourth-order valence-electron chi connectivity index (χ4n) is 3.05. The van der Waals surface area contributed by atoms with Gasteiger partial charge in [0.05, 0.1) is 12.7 Å². The Bertz CT molecular complexity index is 778. The second-order valence-electron chi connectivity index (χ2n) is 6.02. The molecular weight excluding hydrogens is 292 g/mol. The van der Waals surface area contributed by atoms with Crippen LogP contribution in [-0.4, -0.2) is 23.3 Å². The van der Waals surface area contributed by atoms with E-state index < -0.39 is 11.4 Å². The lowest BCUT2D eigenvalue weighted by molar-refractivity contribution is -0.133. The zero-order valence-electron chi connectivity index (χ0n) is 13.0. The highest BCUT2D eigenvalue weighted by Gasteiger charge is 2.36. The normalized spacial score (nSPS) is 23.0. The van der Waals surface area contributed by atoms with Crippen molar-refractivity contribution in [3.05, 3.63) is 71.0 Å². The van der Waals surface area contributed by atoms with E-state index in [4.69, 9.17) is 4.74 Å². The predicted octanol–water partition coefficient (Wildman–Crippen LogP) is 3.88. The summed E-state index contributed by atoms with van der Waals surface area (Å²) in [6, 6.07) is 7.74. The highest BCUT2D eigenvalue weighted by molar-refractivity contribution is 5.89. The summed E-state index contributed by atoms with van der Waals surface area (Å²) in [6.45, 7) is 1.99. The van der Waals surface area contributed by atoms with Crippen LogP contribution in [0.3, 0.4) is 0 Å². The molecule has 0 saturated heterocycles. The van der Waals surface area contributed by atoms with Crippen molar-refractivity contribution in [2.24, 2.45) is 5.41 Å². The fourth-order valence-corrected chi connectivity index (χ4v) is 3.05. The van der Waals surface area contributed by atoms with Crippen molar-refractivity contribution >= 4 is 11.5 Å². The molecule has 23 heavy (non-hydrogen) atoms. The molecule has 1 aromatic rings. The van der Waals surface area contributed by atoms with Crippen LogP contribution in [0.25, 0.3) is 5.57 Å². The molecule has 0 bridgehead atoms. The van der Waals surface area contributed by atoms with Crippen LogP contribution in [0.15, 0.2) is 65.5 Å². The molecule has 1 aromatic carbocycles. The number of aliphatic hydroxyl groups is 1. The Hall–Kier alpha value is -2.75. The van der Waals surface area contributed by atoms with Gasteiger partial charge in [0, 0.05) is 5.41 Å². The fraction of sp³-hybridized carbons (Fsp3) is 0.211. The lowest BCUT2D eigenvalue weighted by atomic mass is 9.69. The minimum Gasteiger partial charge on any atom is -0.507 e. The van der Waals surface area contributed by atoms with E-state index in [9.17, 15) is 15.0 Å². The van der Waals surface area contributed by atoms with Crippen molar-refractivity contribution in [3.63, 3.8) is 0 Å². The summed E-state index contributed by atoms with van der Waals surface area (Å²) in [5, 5.41) is 19.1. The maximum Gasteiger partial charge on any atom is 0.335 e. The molecule has 4 heteroatoms. The number of fused-ring (bicyclic) bond motifs is 1. The number of carbonyl (C=O) groups is 1. The van der Waals surface area contributed by atoms with Crippen LogP contribution in [0, 0.1) is 5.41 Å². The Balaban J connectivity index is 1.99. The molecule has 0 amide bonds. The highest BCUT2D eigenvalue weighted by Crippen LogP contribution is 2.45. The van der Waals surface area contributed by atoms with Crippen LogP contribution in [0.1, 0.15) is 18.9 Å². The smallest absolute Gasteiger partial charge is 0.335 e. The van der Waals surface area contributed by atoms with Crippen molar-refractivity contribution in [3.8, 4) is 5.75 Å². The van der Waals surface area contributed by atoms with Gasteiger partial charge in [0.1, 0.15) is 11.5 Å². The summed E-state index contributed by atoms with van der Waals surface area (Å²) in [6.07, 6.45) is 7.80. The first-order valence-electron chi connectivity index (χ1n) is 7.36. The van der Waals surface area contributed by atoms with E-state index >= 15 is 0 Å². The van der Waals surface area contributed by atoms with Crippen LogP contribution >= 0.6 is 0 Å². The van der Waals surface area contributed by atoms with Gasteiger partial charge in [0.25, 0.3) is 0 Å². The second kappa shape index (κ2) is 5.47.